The molecule has 2 aromatic rings. The molecule has 0 aliphatic rings. The maximum absolute atomic E-state index is 12.6. The van der Waals surface area contributed by atoms with Crippen LogP contribution in [0, 0.1) is 13.8 Å². The molecule has 0 atom stereocenters. The number of aryl methyl sites for hydroxylation is 2. The van der Waals surface area contributed by atoms with Gasteiger partial charge in [-0.1, -0.05) is 25.1 Å². The van der Waals surface area contributed by atoms with Crippen LogP contribution in [0.2, 0.25) is 0 Å². The van der Waals surface area contributed by atoms with Crippen molar-refractivity contribution in [2.75, 3.05) is 5.32 Å². The number of hydrogen-bond acceptors (Lipinski definition) is 1. The van der Waals surface area contributed by atoms with E-state index in [4.69, 9.17) is 0 Å². The van der Waals surface area contributed by atoms with Gasteiger partial charge in [0.15, 0.2) is 0 Å². The van der Waals surface area contributed by atoms with Gasteiger partial charge < -0.3 is 9.88 Å². The van der Waals surface area contributed by atoms with E-state index in [0.717, 1.165) is 34.6 Å². The molecular formula is C18H24N2O. The lowest BCUT2D eigenvalue weighted by molar-refractivity contribution is 0.102. The van der Waals surface area contributed by atoms with Crippen molar-refractivity contribution in [1.82, 2.24) is 4.57 Å². The van der Waals surface area contributed by atoms with E-state index in [9.17, 15) is 4.79 Å². The lowest BCUT2D eigenvalue weighted by Gasteiger charge is -2.14. The summed E-state index contributed by atoms with van der Waals surface area (Å²) in [7, 11) is 0. The van der Waals surface area contributed by atoms with E-state index in [0.29, 0.717) is 6.04 Å². The Bertz CT molecular complexity index is 653. The predicted molar refractivity (Wildman–Crippen MR) is 88.1 cm³/mol. The van der Waals surface area contributed by atoms with Crippen molar-refractivity contribution in [3.8, 4) is 0 Å². The van der Waals surface area contributed by atoms with E-state index < -0.39 is 0 Å². The van der Waals surface area contributed by atoms with Crippen LogP contribution in [0.3, 0.4) is 0 Å². The summed E-state index contributed by atoms with van der Waals surface area (Å²) in [5, 5.41) is 3.05. The number of benzene rings is 1. The van der Waals surface area contributed by atoms with Crippen molar-refractivity contribution in [3.63, 3.8) is 0 Å². The average molecular weight is 284 g/mol. The standard InChI is InChI=1S/C18H24N2O/c1-6-15-9-7-8-10-17(15)19-18(21)16-11-13(4)20(12(2)3)14(16)5/h7-12H,6H2,1-5H3,(H,19,21). The largest absolute Gasteiger partial charge is 0.346 e. The highest BCUT2D eigenvalue weighted by molar-refractivity contribution is 6.05. The highest BCUT2D eigenvalue weighted by atomic mass is 16.1. The first-order valence-corrected chi connectivity index (χ1v) is 7.53. The smallest absolute Gasteiger partial charge is 0.257 e. The molecule has 0 unspecified atom stereocenters. The summed E-state index contributed by atoms with van der Waals surface area (Å²) in [6.07, 6.45) is 0.904. The van der Waals surface area contributed by atoms with E-state index in [1.54, 1.807) is 0 Å². The van der Waals surface area contributed by atoms with Gasteiger partial charge in [0, 0.05) is 23.1 Å². The minimum atomic E-state index is -0.0316. The van der Waals surface area contributed by atoms with Gasteiger partial charge in [-0.3, -0.25) is 4.79 Å². The fourth-order valence-electron chi connectivity index (χ4n) is 2.94. The van der Waals surface area contributed by atoms with Crippen molar-refractivity contribution in [3.05, 3.63) is 52.8 Å². The molecule has 1 aromatic heterocycles. The molecule has 0 spiro atoms. The number of aromatic nitrogens is 1. The van der Waals surface area contributed by atoms with Crippen LogP contribution in [0.15, 0.2) is 30.3 Å². The van der Waals surface area contributed by atoms with Crippen LogP contribution in [-0.4, -0.2) is 10.5 Å². The van der Waals surface area contributed by atoms with Gasteiger partial charge in [0.2, 0.25) is 0 Å². The van der Waals surface area contributed by atoms with Gasteiger partial charge >= 0.3 is 0 Å². The van der Waals surface area contributed by atoms with Gasteiger partial charge in [0.05, 0.1) is 5.56 Å². The second-order valence-electron chi connectivity index (χ2n) is 5.71. The fourth-order valence-corrected chi connectivity index (χ4v) is 2.94. The summed E-state index contributed by atoms with van der Waals surface area (Å²) in [5.74, 6) is -0.0316. The van der Waals surface area contributed by atoms with Crippen LogP contribution in [0.4, 0.5) is 5.69 Å². The van der Waals surface area contributed by atoms with E-state index in [2.05, 4.69) is 30.7 Å². The topological polar surface area (TPSA) is 34.0 Å². The van der Waals surface area contributed by atoms with Crippen LogP contribution in [0.1, 0.15) is 54.1 Å². The third-order valence-electron chi connectivity index (χ3n) is 3.89. The number of anilines is 1. The van der Waals surface area contributed by atoms with Gasteiger partial charge in [-0.2, -0.15) is 0 Å². The highest BCUT2D eigenvalue weighted by Crippen LogP contribution is 2.22. The quantitative estimate of drug-likeness (QED) is 0.881. The SMILES string of the molecule is CCc1ccccc1NC(=O)c1cc(C)n(C(C)C)c1C. The molecule has 0 aliphatic heterocycles. The molecule has 0 radical (unpaired) electrons. The van der Waals surface area contributed by atoms with E-state index in [1.165, 1.54) is 0 Å². The van der Waals surface area contributed by atoms with Crippen LogP contribution in [-0.2, 0) is 6.42 Å². The third-order valence-corrected chi connectivity index (χ3v) is 3.89. The Kier molecular flexibility index (Phi) is 4.51. The molecule has 21 heavy (non-hydrogen) atoms. The third kappa shape index (κ3) is 3.02. The lowest BCUT2D eigenvalue weighted by Crippen LogP contribution is -2.14. The number of nitrogens with zero attached hydrogens (tertiary/aromatic N) is 1. The Labute approximate surface area is 127 Å². The molecule has 0 saturated heterocycles. The monoisotopic (exact) mass is 284 g/mol. The molecule has 2 rings (SSSR count). The van der Waals surface area contributed by atoms with E-state index in [1.807, 2.05) is 44.2 Å². The summed E-state index contributed by atoms with van der Waals surface area (Å²) < 4.78 is 2.20. The molecule has 0 saturated carbocycles. The number of amides is 1. The molecular weight excluding hydrogens is 260 g/mol. The number of carbonyl (C=O) groups is 1. The lowest BCUT2D eigenvalue weighted by atomic mass is 10.1. The molecule has 0 bridgehead atoms. The van der Waals surface area contributed by atoms with Crippen molar-refractivity contribution >= 4 is 11.6 Å². The van der Waals surface area contributed by atoms with Crippen LogP contribution in [0.25, 0.3) is 0 Å². The van der Waals surface area contributed by atoms with Crippen molar-refractivity contribution in [2.45, 2.75) is 47.1 Å². The van der Waals surface area contributed by atoms with Crippen molar-refractivity contribution in [1.29, 1.82) is 0 Å². The summed E-state index contributed by atoms with van der Waals surface area (Å²) in [5.41, 5.74) is 4.96. The first-order valence-electron chi connectivity index (χ1n) is 7.53. The Morgan fingerprint density at radius 3 is 2.48 bits per heavy atom. The highest BCUT2D eigenvalue weighted by Gasteiger charge is 2.17. The molecule has 0 aliphatic carbocycles. The Morgan fingerprint density at radius 1 is 1.24 bits per heavy atom. The number of para-hydroxylation sites is 1. The Morgan fingerprint density at radius 2 is 1.90 bits per heavy atom. The van der Waals surface area contributed by atoms with Crippen molar-refractivity contribution in [2.24, 2.45) is 0 Å². The minimum absolute atomic E-state index is 0.0316. The van der Waals surface area contributed by atoms with Gasteiger partial charge in [-0.15, -0.1) is 0 Å². The number of hydrogen-bond donors (Lipinski definition) is 1. The van der Waals surface area contributed by atoms with Gasteiger partial charge in [-0.25, -0.2) is 0 Å². The van der Waals surface area contributed by atoms with Crippen LogP contribution in [0.5, 0.6) is 0 Å². The zero-order chi connectivity index (χ0) is 15.6. The molecule has 112 valence electrons. The average Bonchev–Trinajstić information content (AvgIpc) is 2.74. The molecule has 3 nitrogen and oxygen atoms in total. The molecule has 1 aromatic carbocycles. The summed E-state index contributed by atoms with van der Waals surface area (Å²) in [6.45, 7) is 10.4. The zero-order valence-electron chi connectivity index (χ0n) is 13.5. The van der Waals surface area contributed by atoms with Gasteiger partial charge in [-0.05, 0) is 51.8 Å². The molecule has 0 fully saturated rings. The van der Waals surface area contributed by atoms with Gasteiger partial charge in [0.25, 0.3) is 5.91 Å². The molecule has 1 heterocycles. The van der Waals surface area contributed by atoms with E-state index >= 15 is 0 Å². The number of carbonyl (C=O) groups excluding carboxylic acids is 1. The predicted octanol–water partition coefficient (Wildman–Crippen LogP) is 4.50. The summed E-state index contributed by atoms with van der Waals surface area (Å²) in [6, 6.07) is 10.3. The first kappa shape index (κ1) is 15.4. The maximum atomic E-state index is 12.6. The molecule has 3 heteroatoms. The van der Waals surface area contributed by atoms with Crippen LogP contribution < -0.4 is 5.32 Å². The Balaban J connectivity index is 2.31. The van der Waals surface area contributed by atoms with Crippen LogP contribution >= 0.6 is 0 Å². The summed E-state index contributed by atoms with van der Waals surface area (Å²) in [4.78, 5) is 12.6. The second kappa shape index (κ2) is 6.17. The number of rotatable bonds is 4. The molecule has 1 N–H and O–H groups in total. The zero-order valence-corrected chi connectivity index (χ0v) is 13.5. The number of nitrogens with one attached hydrogen (secondary N) is 1. The summed E-state index contributed by atoms with van der Waals surface area (Å²) >= 11 is 0. The normalized spacial score (nSPS) is 11.0. The fraction of sp³-hybridized carbons (Fsp3) is 0.389. The first-order chi connectivity index (χ1) is 9.95. The van der Waals surface area contributed by atoms with Gasteiger partial charge in [0.1, 0.15) is 0 Å². The second-order valence-corrected chi connectivity index (χ2v) is 5.71. The minimum Gasteiger partial charge on any atom is -0.346 e. The van der Waals surface area contributed by atoms with Crippen molar-refractivity contribution < 1.29 is 4.79 Å². The molecule has 1 amide bonds. The van der Waals surface area contributed by atoms with E-state index in [-0.39, 0.29) is 5.91 Å². The maximum Gasteiger partial charge on any atom is 0.257 e. The Hall–Kier alpha value is -2.03.